The number of hydrogen-bond acceptors (Lipinski definition) is 4. The summed E-state index contributed by atoms with van der Waals surface area (Å²) in [6.07, 6.45) is 2.99. The van der Waals surface area contributed by atoms with Crippen LogP contribution in [0.25, 0.3) is 11.0 Å². The van der Waals surface area contributed by atoms with Crippen LogP contribution >= 0.6 is 15.9 Å². The minimum Gasteiger partial charge on any atom is -0.421 e. The van der Waals surface area contributed by atoms with Gasteiger partial charge in [0, 0.05) is 22.3 Å². The summed E-state index contributed by atoms with van der Waals surface area (Å²) < 4.78 is 6.03. The van der Waals surface area contributed by atoms with Gasteiger partial charge in [0.25, 0.3) is 5.91 Å². The van der Waals surface area contributed by atoms with Crippen molar-refractivity contribution in [3.8, 4) is 0 Å². The number of amides is 1. The fraction of sp³-hybridized carbons (Fsp3) is 0. The third kappa shape index (κ3) is 2.85. The standard InChI is InChI=1S/C15H9BrN2O3/c16-11-3-4-13-10(6-11)7-12(15(20)21-13)18-14(19)9-2-1-5-17-8-9/h1-8H,(H,18,19). The van der Waals surface area contributed by atoms with Gasteiger partial charge in [0.1, 0.15) is 11.3 Å². The van der Waals surface area contributed by atoms with E-state index in [0.717, 1.165) is 4.47 Å². The van der Waals surface area contributed by atoms with Crippen LogP contribution in [-0.2, 0) is 0 Å². The highest BCUT2D eigenvalue weighted by molar-refractivity contribution is 9.10. The van der Waals surface area contributed by atoms with E-state index >= 15 is 0 Å². The first kappa shape index (κ1) is 13.5. The molecule has 21 heavy (non-hydrogen) atoms. The largest absolute Gasteiger partial charge is 0.421 e. The molecule has 1 aromatic carbocycles. The van der Waals surface area contributed by atoms with Gasteiger partial charge in [-0.15, -0.1) is 0 Å². The number of anilines is 1. The summed E-state index contributed by atoms with van der Waals surface area (Å²) in [5.41, 5.74) is 0.324. The van der Waals surface area contributed by atoms with Crippen LogP contribution in [0.15, 0.2) is 62.5 Å². The Morgan fingerprint density at radius 2 is 2.10 bits per heavy atom. The number of nitrogens with zero attached hydrogens (tertiary/aromatic N) is 1. The zero-order valence-electron chi connectivity index (χ0n) is 10.7. The highest BCUT2D eigenvalue weighted by atomic mass is 79.9. The first-order valence-corrected chi connectivity index (χ1v) is 6.87. The van der Waals surface area contributed by atoms with Crippen LogP contribution in [0.1, 0.15) is 10.4 Å². The summed E-state index contributed by atoms with van der Waals surface area (Å²) in [4.78, 5) is 27.8. The van der Waals surface area contributed by atoms with E-state index < -0.39 is 11.5 Å². The predicted octanol–water partition coefficient (Wildman–Crippen LogP) is 3.20. The van der Waals surface area contributed by atoms with Gasteiger partial charge >= 0.3 is 5.63 Å². The number of carbonyl (C=O) groups is 1. The number of carbonyl (C=O) groups excluding carboxylic acids is 1. The minimum atomic E-state index is -0.595. The zero-order valence-corrected chi connectivity index (χ0v) is 12.3. The number of benzene rings is 1. The Labute approximate surface area is 127 Å². The van der Waals surface area contributed by atoms with Crippen LogP contribution in [0.3, 0.4) is 0 Å². The first-order chi connectivity index (χ1) is 10.1. The Balaban J connectivity index is 1.99. The molecule has 0 aliphatic rings. The van der Waals surface area contributed by atoms with Crippen molar-refractivity contribution in [2.45, 2.75) is 0 Å². The molecule has 0 bridgehead atoms. The van der Waals surface area contributed by atoms with Gasteiger partial charge in [-0.3, -0.25) is 9.78 Å². The molecule has 0 unspecified atom stereocenters. The lowest BCUT2D eigenvalue weighted by molar-refractivity contribution is 0.102. The quantitative estimate of drug-likeness (QED) is 0.724. The van der Waals surface area contributed by atoms with Gasteiger partial charge in [0.05, 0.1) is 5.56 Å². The summed E-state index contributed by atoms with van der Waals surface area (Å²) in [6, 6.07) is 10.1. The molecular weight excluding hydrogens is 336 g/mol. The number of fused-ring (bicyclic) bond motifs is 1. The van der Waals surface area contributed by atoms with Crippen molar-refractivity contribution in [3.05, 3.63) is 69.2 Å². The molecule has 0 saturated carbocycles. The van der Waals surface area contributed by atoms with Gasteiger partial charge in [-0.25, -0.2) is 4.79 Å². The molecule has 6 heteroatoms. The van der Waals surface area contributed by atoms with Gasteiger partial charge in [-0.2, -0.15) is 0 Å². The van der Waals surface area contributed by atoms with Crippen molar-refractivity contribution < 1.29 is 9.21 Å². The molecule has 3 aromatic rings. The van der Waals surface area contributed by atoms with Crippen LogP contribution in [0.5, 0.6) is 0 Å². The number of hydrogen-bond donors (Lipinski definition) is 1. The van der Waals surface area contributed by atoms with E-state index in [2.05, 4.69) is 26.2 Å². The molecule has 2 heterocycles. The molecule has 3 rings (SSSR count). The molecule has 0 saturated heterocycles. The fourth-order valence-electron chi connectivity index (χ4n) is 1.87. The summed E-state index contributed by atoms with van der Waals surface area (Å²) >= 11 is 3.35. The van der Waals surface area contributed by atoms with E-state index in [1.807, 2.05) is 0 Å². The molecule has 5 nitrogen and oxygen atoms in total. The molecule has 0 aliphatic heterocycles. The number of aromatic nitrogens is 1. The van der Waals surface area contributed by atoms with Gasteiger partial charge in [0.15, 0.2) is 0 Å². The number of halogens is 1. The Morgan fingerprint density at radius 3 is 2.86 bits per heavy atom. The minimum absolute atomic E-state index is 0.0921. The van der Waals surface area contributed by atoms with E-state index in [1.165, 1.54) is 6.20 Å². The van der Waals surface area contributed by atoms with E-state index in [1.54, 1.807) is 42.6 Å². The number of pyridine rings is 1. The predicted molar refractivity (Wildman–Crippen MR) is 82.4 cm³/mol. The molecule has 0 atom stereocenters. The summed E-state index contributed by atoms with van der Waals surface area (Å²) in [5.74, 6) is -0.412. The zero-order chi connectivity index (χ0) is 14.8. The molecular formula is C15H9BrN2O3. The van der Waals surface area contributed by atoms with Crippen LogP contribution in [0.4, 0.5) is 5.69 Å². The van der Waals surface area contributed by atoms with E-state index in [-0.39, 0.29) is 5.69 Å². The van der Waals surface area contributed by atoms with Gasteiger partial charge in [-0.1, -0.05) is 15.9 Å². The Bertz CT molecular complexity index is 875. The molecule has 2 aromatic heterocycles. The topological polar surface area (TPSA) is 72.2 Å². The van der Waals surface area contributed by atoms with Gasteiger partial charge in [-0.05, 0) is 36.4 Å². The van der Waals surface area contributed by atoms with Crippen LogP contribution in [0, 0.1) is 0 Å². The molecule has 0 radical (unpaired) electrons. The first-order valence-electron chi connectivity index (χ1n) is 6.08. The van der Waals surface area contributed by atoms with E-state index in [9.17, 15) is 9.59 Å². The van der Waals surface area contributed by atoms with Crippen molar-refractivity contribution in [2.24, 2.45) is 0 Å². The second-order valence-corrected chi connectivity index (χ2v) is 5.24. The molecule has 104 valence electrons. The van der Waals surface area contributed by atoms with Gasteiger partial charge in [0.2, 0.25) is 0 Å². The SMILES string of the molecule is O=C(Nc1cc2cc(Br)ccc2oc1=O)c1cccnc1. The van der Waals surface area contributed by atoms with E-state index in [4.69, 9.17) is 4.42 Å². The highest BCUT2D eigenvalue weighted by Gasteiger charge is 2.11. The molecule has 0 fully saturated rings. The Hall–Kier alpha value is -2.47. The number of nitrogens with one attached hydrogen (secondary N) is 1. The van der Waals surface area contributed by atoms with Crippen molar-refractivity contribution in [1.82, 2.24) is 4.98 Å². The van der Waals surface area contributed by atoms with Crippen LogP contribution in [0.2, 0.25) is 0 Å². The Kier molecular flexibility index (Phi) is 3.53. The number of rotatable bonds is 2. The molecule has 0 spiro atoms. The third-order valence-electron chi connectivity index (χ3n) is 2.87. The second kappa shape index (κ2) is 5.49. The lowest BCUT2D eigenvalue weighted by Crippen LogP contribution is -2.17. The smallest absolute Gasteiger partial charge is 0.360 e. The lowest BCUT2D eigenvalue weighted by atomic mass is 10.2. The van der Waals surface area contributed by atoms with Crippen molar-refractivity contribution in [2.75, 3.05) is 5.32 Å². The fourth-order valence-corrected chi connectivity index (χ4v) is 2.25. The lowest BCUT2D eigenvalue weighted by Gasteiger charge is -2.05. The molecule has 1 amide bonds. The van der Waals surface area contributed by atoms with Crippen molar-refractivity contribution in [3.63, 3.8) is 0 Å². The average Bonchev–Trinajstić information content (AvgIpc) is 2.49. The normalized spacial score (nSPS) is 10.5. The average molecular weight is 345 g/mol. The third-order valence-corrected chi connectivity index (χ3v) is 3.36. The maximum Gasteiger partial charge on any atom is 0.360 e. The maximum atomic E-state index is 12.0. The van der Waals surface area contributed by atoms with Crippen molar-refractivity contribution in [1.29, 1.82) is 0 Å². The maximum absolute atomic E-state index is 12.0. The second-order valence-electron chi connectivity index (χ2n) is 4.33. The monoisotopic (exact) mass is 344 g/mol. The summed E-state index contributed by atoms with van der Waals surface area (Å²) in [5, 5.41) is 3.25. The Morgan fingerprint density at radius 1 is 1.24 bits per heavy atom. The molecule has 1 N–H and O–H groups in total. The molecule has 0 aliphatic carbocycles. The van der Waals surface area contributed by atoms with Gasteiger partial charge < -0.3 is 9.73 Å². The van der Waals surface area contributed by atoms with Crippen molar-refractivity contribution >= 4 is 38.5 Å². The van der Waals surface area contributed by atoms with E-state index in [0.29, 0.717) is 16.5 Å². The van der Waals surface area contributed by atoms with Crippen LogP contribution in [-0.4, -0.2) is 10.9 Å². The summed E-state index contributed by atoms with van der Waals surface area (Å²) in [7, 11) is 0. The summed E-state index contributed by atoms with van der Waals surface area (Å²) in [6.45, 7) is 0. The van der Waals surface area contributed by atoms with Crippen LogP contribution < -0.4 is 10.9 Å². The highest BCUT2D eigenvalue weighted by Crippen LogP contribution is 2.20.